The molecule has 2 aromatic rings. The zero-order valence-electron chi connectivity index (χ0n) is 12.7. The van der Waals surface area contributed by atoms with E-state index in [2.05, 4.69) is 69.2 Å². The van der Waals surface area contributed by atoms with Gasteiger partial charge >= 0.3 is 0 Å². The second kappa shape index (κ2) is 8.11. The largest absolute Gasteiger partial charge is 1.00 e. The van der Waals surface area contributed by atoms with Crippen molar-refractivity contribution in [2.45, 2.75) is 19.9 Å². The number of halogens is 2. The molecule has 0 aliphatic rings. The third-order valence-corrected chi connectivity index (χ3v) is 3.44. The number of quaternary nitrogens is 1. The van der Waals surface area contributed by atoms with Crippen molar-refractivity contribution < 1.29 is 43.0 Å². The first-order chi connectivity index (χ1) is 8.47. The van der Waals surface area contributed by atoms with E-state index in [-0.39, 0.29) is 34.0 Å². The van der Waals surface area contributed by atoms with E-state index >= 15 is 0 Å². The van der Waals surface area contributed by atoms with Crippen molar-refractivity contribution >= 4 is 10.8 Å². The second-order valence-electron chi connectivity index (χ2n) is 6.05. The molecule has 0 fully saturated rings. The van der Waals surface area contributed by atoms with E-state index in [9.17, 15) is 0 Å². The molecular weight excluding hydrogens is 380 g/mol. The SMILES string of the molecule is Cc1c2ccccc2cc[n+]1CCC[N+](C)(C)C.[Br-].[Br-]. The van der Waals surface area contributed by atoms with E-state index in [1.165, 1.54) is 29.4 Å². The van der Waals surface area contributed by atoms with Gasteiger partial charge < -0.3 is 38.4 Å². The number of nitrogens with zero attached hydrogens (tertiary/aromatic N) is 2. The Morgan fingerprint density at radius 1 is 1.00 bits per heavy atom. The van der Waals surface area contributed by atoms with Gasteiger partial charge in [0.05, 0.1) is 34.1 Å². The predicted molar refractivity (Wildman–Crippen MR) is 76.4 cm³/mol. The lowest BCUT2D eigenvalue weighted by molar-refractivity contribution is -0.873. The summed E-state index contributed by atoms with van der Waals surface area (Å²) in [6, 6.07) is 10.8. The lowest BCUT2D eigenvalue weighted by Crippen LogP contribution is -3.00. The van der Waals surface area contributed by atoms with E-state index in [1.807, 2.05) is 0 Å². The topological polar surface area (TPSA) is 3.88 Å². The van der Waals surface area contributed by atoms with Crippen LogP contribution in [0.15, 0.2) is 36.5 Å². The number of benzene rings is 1. The van der Waals surface area contributed by atoms with Gasteiger partial charge in [-0.2, -0.15) is 0 Å². The highest BCUT2D eigenvalue weighted by Gasteiger charge is 2.12. The molecule has 1 aromatic heterocycles. The van der Waals surface area contributed by atoms with E-state index in [4.69, 9.17) is 0 Å². The maximum absolute atomic E-state index is 2.37. The molecule has 0 bridgehead atoms. The Hall–Kier alpha value is -0.450. The fourth-order valence-corrected chi connectivity index (χ4v) is 2.37. The number of fused-ring (bicyclic) bond motifs is 1. The predicted octanol–water partition coefficient (Wildman–Crippen LogP) is -3.46. The summed E-state index contributed by atoms with van der Waals surface area (Å²) in [6.45, 7) is 4.53. The fraction of sp³-hybridized carbons (Fsp3) is 0.438. The first-order valence-corrected chi connectivity index (χ1v) is 6.66. The van der Waals surface area contributed by atoms with Crippen LogP contribution in [0.2, 0.25) is 0 Å². The van der Waals surface area contributed by atoms with Crippen LogP contribution in [0.25, 0.3) is 10.8 Å². The molecule has 2 nitrogen and oxygen atoms in total. The Balaban J connectivity index is 0.00000180. The van der Waals surface area contributed by atoms with Gasteiger partial charge in [0, 0.05) is 18.4 Å². The molecule has 2 rings (SSSR count). The Morgan fingerprint density at radius 2 is 1.65 bits per heavy atom. The molecule has 0 radical (unpaired) electrons. The summed E-state index contributed by atoms with van der Waals surface area (Å²) >= 11 is 0. The molecule has 0 atom stereocenters. The molecule has 0 N–H and O–H groups in total. The lowest BCUT2D eigenvalue weighted by atomic mass is 10.1. The zero-order chi connectivity index (χ0) is 13.2. The van der Waals surface area contributed by atoms with Crippen molar-refractivity contribution in [1.29, 1.82) is 0 Å². The first kappa shape index (κ1) is 19.6. The molecule has 0 amide bonds. The monoisotopic (exact) mass is 402 g/mol. The first-order valence-electron chi connectivity index (χ1n) is 6.66. The molecule has 0 saturated heterocycles. The van der Waals surface area contributed by atoms with Gasteiger partial charge in [-0.25, -0.2) is 4.57 Å². The molecule has 0 aliphatic carbocycles. The zero-order valence-corrected chi connectivity index (χ0v) is 15.9. The third kappa shape index (κ3) is 5.15. The Labute approximate surface area is 143 Å². The molecule has 1 aromatic carbocycles. The number of hydrogen-bond donors (Lipinski definition) is 0. The molecule has 0 spiro atoms. The van der Waals surface area contributed by atoms with Crippen LogP contribution in [-0.4, -0.2) is 32.2 Å². The van der Waals surface area contributed by atoms with Crippen molar-refractivity contribution in [1.82, 2.24) is 0 Å². The molecule has 1 heterocycles. The van der Waals surface area contributed by atoms with Crippen LogP contribution in [0.3, 0.4) is 0 Å². The Bertz CT molecular complexity index is 548. The van der Waals surface area contributed by atoms with Gasteiger partial charge in [0.15, 0.2) is 18.4 Å². The van der Waals surface area contributed by atoms with Crippen LogP contribution in [0.5, 0.6) is 0 Å². The normalized spacial score (nSPS) is 10.8. The summed E-state index contributed by atoms with van der Waals surface area (Å²) < 4.78 is 3.41. The summed E-state index contributed by atoms with van der Waals surface area (Å²) in [6.07, 6.45) is 3.43. The van der Waals surface area contributed by atoms with Crippen LogP contribution in [0, 0.1) is 6.92 Å². The van der Waals surface area contributed by atoms with Crippen molar-refractivity contribution in [3.8, 4) is 0 Å². The second-order valence-corrected chi connectivity index (χ2v) is 6.05. The highest BCUT2D eigenvalue weighted by Crippen LogP contribution is 2.14. The highest BCUT2D eigenvalue weighted by atomic mass is 79.9. The molecular formula is C16H24Br2N2. The maximum atomic E-state index is 2.37. The van der Waals surface area contributed by atoms with Gasteiger partial charge in [-0.05, 0) is 11.5 Å². The van der Waals surface area contributed by atoms with Gasteiger partial charge in [0.25, 0.3) is 0 Å². The third-order valence-electron chi connectivity index (χ3n) is 3.44. The summed E-state index contributed by atoms with van der Waals surface area (Å²) in [5.74, 6) is 0. The van der Waals surface area contributed by atoms with Gasteiger partial charge in [-0.3, -0.25) is 0 Å². The van der Waals surface area contributed by atoms with E-state index in [0.717, 1.165) is 11.0 Å². The van der Waals surface area contributed by atoms with Crippen molar-refractivity contribution in [3.63, 3.8) is 0 Å². The number of hydrogen-bond acceptors (Lipinski definition) is 0. The number of pyridine rings is 1. The smallest absolute Gasteiger partial charge is 0.186 e. The van der Waals surface area contributed by atoms with Gasteiger partial charge in [0.2, 0.25) is 0 Å². The minimum atomic E-state index is 0. The molecule has 4 heteroatoms. The summed E-state index contributed by atoms with van der Waals surface area (Å²) in [7, 11) is 6.74. The minimum Gasteiger partial charge on any atom is -1.00 e. The van der Waals surface area contributed by atoms with Gasteiger partial charge in [-0.15, -0.1) is 0 Å². The van der Waals surface area contributed by atoms with Crippen molar-refractivity contribution in [2.75, 3.05) is 27.7 Å². The van der Waals surface area contributed by atoms with Crippen LogP contribution in [0.1, 0.15) is 12.1 Å². The van der Waals surface area contributed by atoms with Gasteiger partial charge in [-0.1, -0.05) is 18.2 Å². The highest BCUT2D eigenvalue weighted by molar-refractivity contribution is 5.83. The van der Waals surface area contributed by atoms with Crippen molar-refractivity contribution in [2.24, 2.45) is 0 Å². The Morgan fingerprint density at radius 3 is 2.30 bits per heavy atom. The van der Waals surface area contributed by atoms with E-state index < -0.39 is 0 Å². The van der Waals surface area contributed by atoms with Crippen LogP contribution in [-0.2, 0) is 6.54 Å². The maximum Gasteiger partial charge on any atom is 0.186 e. The van der Waals surface area contributed by atoms with Crippen LogP contribution < -0.4 is 38.5 Å². The summed E-state index contributed by atoms with van der Waals surface area (Å²) in [4.78, 5) is 0. The molecule has 20 heavy (non-hydrogen) atoms. The molecule has 112 valence electrons. The van der Waals surface area contributed by atoms with E-state index in [0.29, 0.717) is 0 Å². The fourth-order valence-electron chi connectivity index (χ4n) is 2.37. The molecule has 0 aliphatic heterocycles. The van der Waals surface area contributed by atoms with Crippen molar-refractivity contribution in [3.05, 3.63) is 42.2 Å². The average molecular weight is 404 g/mol. The summed E-state index contributed by atoms with van der Waals surface area (Å²) in [5, 5.41) is 2.70. The molecule has 0 unspecified atom stereocenters. The summed E-state index contributed by atoms with van der Waals surface area (Å²) in [5.41, 5.74) is 1.37. The number of aryl methyl sites for hydroxylation is 2. The van der Waals surface area contributed by atoms with E-state index in [1.54, 1.807) is 0 Å². The average Bonchev–Trinajstić information content (AvgIpc) is 2.31. The minimum absolute atomic E-state index is 0. The number of rotatable bonds is 4. The van der Waals surface area contributed by atoms with Crippen LogP contribution in [0.4, 0.5) is 0 Å². The lowest BCUT2D eigenvalue weighted by Gasteiger charge is -2.23. The molecule has 0 saturated carbocycles. The number of aromatic nitrogens is 1. The Kier molecular flexibility index (Phi) is 7.92. The quantitative estimate of drug-likeness (QED) is 0.369. The standard InChI is InChI=1S/C16H24N2.2BrH/c1-14-16-9-6-5-8-15(16)10-12-17(14)11-7-13-18(2,3)4;;/h5-6,8-10,12H,7,11,13H2,1-4H3;2*1H/q+2;;/p-2. The van der Waals surface area contributed by atoms with Gasteiger partial charge in [0.1, 0.15) is 0 Å². The van der Waals surface area contributed by atoms with Crippen LogP contribution >= 0.6 is 0 Å².